The summed E-state index contributed by atoms with van der Waals surface area (Å²) in [5.74, 6) is 1.34. The number of fused-ring (bicyclic) bond motifs is 1. The summed E-state index contributed by atoms with van der Waals surface area (Å²) in [6.45, 7) is 14.4. The third-order valence-corrected chi connectivity index (χ3v) is 7.09. The minimum absolute atomic E-state index is 0.269. The average molecular weight is 619 g/mol. The summed E-state index contributed by atoms with van der Waals surface area (Å²) >= 11 is 6.53. The van der Waals surface area contributed by atoms with Crippen molar-refractivity contribution in [2.24, 2.45) is 0 Å². The van der Waals surface area contributed by atoms with Gasteiger partial charge >= 0.3 is 0 Å². The number of aromatic nitrogens is 3. The van der Waals surface area contributed by atoms with E-state index in [1.165, 1.54) is 6.33 Å². The highest BCUT2D eigenvalue weighted by molar-refractivity contribution is 6.32. The number of morpholine rings is 1. The van der Waals surface area contributed by atoms with Crippen molar-refractivity contribution in [1.29, 1.82) is 0 Å². The molecule has 2 aromatic heterocycles. The lowest BCUT2D eigenvalue weighted by Crippen LogP contribution is -2.38. The molecule has 232 valence electrons. The number of hydrogen-bond donors (Lipinski definition) is 2. The molecule has 10 nitrogen and oxygen atoms in total. The van der Waals surface area contributed by atoms with Crippen LogP contribution in [0.2, 0.25) is 5.02 Å². The third kappa shape index (κ3) is 8.89. The van der Waals surface area contributed by atoms with Crippen LogP contribution in [0.4, 0.5) is 17.2 Å². The second-order valence-corrected chi connectivity index (χ2v) is 10.1. The molecule has 0 atom stereocenters. The number of halogens is 1. The van der Waals surface area contributed by atoms with Crippen molar-refractivity contribution in [1.82, 2.24) is 19.9 Å². The molecule has 0 radical (unpaired) electrons. The van der Waals surface area contributed by atoms with Gasteiger partial charge in [0.2, 0.25) is 0 Å². The number of amides is 1. The van der Waals surface area contributed by atoms with E-state index in [0.29, 0.717) is 69.8 Å². The lowest BCUT2D eigenvalue weighted by atomic mass is 10.1. The quantitative estimate of drug-likeness (QED) is 0.169. The van der Waals surface area contributed by atoms with Gasteiger partial charge in [0, 0.05) is 48.5 Å². The van der Waals surface area contributed by atoms with Crippen molar-refractivity contribution in [2.75, 3.05) is 50.1 Å². The highest BCUT2D eigenvalue weighted by Gasteiger charge is 2.16. The minimum atomic E-state index is -0.269. The maximum atomic E-state index is 12.8. The highest BCUT2D eigenvalue weighted by Crippen LogP contribution is 2.35. The molecule has 0 aliphatic carbocycles. The number of rotatable bonds is 12. The van der Waals surface area contributed by atoms with Crippen LogP contribution in [0, 0.1) is 0 Å². The Labute approximate surface area is 263 Å². The number of nitrogens with one attached hydrogen (secondary N) is 2. The molecular weight excluding hydrogens is 580 g/mol. The molecule has 2 aromatic carbocycles. The maximum absolute atomic E-state index is 12.8. The average Bonchev–Trinajstić information content (AvgIpc) is 3.06. The van der Waals surface area contributed by atoms with Gasteiger partial charge in [-0.2, -0.15) is 0 Å². The number of nitrogens with zero attached hydrogens (tertiary/aromatic N) is 4. The van der Waals surface area contributed by atoms with E-state index in [1.807, 2.05) is 57.2 Å². The van der Waals surface area contributed by atoms with Crippen LogP contribution in [0.3, 0.4) is 0 Å². The van der Waals surface area contributed by atoms with Gasteiger partial charge < -0.3 is 24.8 Å². The van der Waals surface area contributed by atoms with Crippen molar-refractivity contribution in [3.05, 3.63) is 83.9 Å². The first-order chi connectivity index (χ1) is 21.5. The fraction of sp³-hybridized carbons (Fsp3) is 0.333. The number of hydrogen-bond acceptors (Lipinski definition) is 9. The first kappa shape index (κ1) is 32.7. The van der Waals surface area contributed by atoms with Crippen LogP contribution in [-0.4, -0.2) is 65.2 Å². The Kier molecular flexibility index (Phi) is 12.3. The number of anilines is 3. The fourth-order valence-electron chi connectivity index (χ4n) is 4.35. The summed E-state index contributed by atoms with van der Waals surface area (Å²) in [5.41, 5.74) is 3.15. The highest BCUT2D eigenvalue weighted by atomic mass is 35.5. The summed E-state index contributed by atoms with van der Waals surface area (Å²) in [5, 5.41) is 7.41. The van der Waals surface area contributed by atoms with E-state index in [0.717, 1.165) is 38.5 Å². The summed E-state index contributed by atoms with van der Waals surface area (Å²) < 4.78 is 17.4. The van der Waals surface area contributed by atoms with Crippen LogP contribution in [0.1, 0.15) is 32.9 Å². The van der Waals surface area contributed by atoms with E-state index in [9.17, 15) is 4.79 Å². The smallest absolute Gasteiger partial charge is 0.251 e. The predicted octanol–water partition coefficient (Wildman–Crippen LogP) is 6.64. The SMILES string of the molecule is C=C(CC)C(=O)Nc1cc2c(Nc3ccc(OCc4ccccn4)c(Cl)c3)ncnc2cc1OCCN1CCOCC1.CC. The van der Waals surface area contributed by atoms with Crippen LogP contribution in [0.15, 0.2) is 73.2 Å². The van der Waals surface area contributed by atoms with Gasteiger partial charge in [0.25, 0.3) is 5.91 Å². The second kappa shape index (κ2) is 16.6. The molecule has 0 saturated carbocycles. The maximum Gasteiger partial charge on any atom is 0.251 e. The molecule has 1 aliphatic heterocycles. The first-order valence-electron chi connectivity index (χ1n) is 14.8. The molecule has 1 amide bonds. The van der Waals surface area contributed by atoms with Crippen LogP contribution in [-0.2, 0) is 16.1 Å². The summed E-state index contributed by atoms with van der Waals surface area (Å²) in [6, 6.07) is 14.7. The molecule has 11 heteroatoms. The Morgan fingerprint density at radius 2 is 1.86 bits per heavy atom. The Morgan fingerprint density at radius 3 is 2.59 bits per heavy atom. The van der Waals surface area contributed by atoms with Crippen LogP contribution in [0.5, 0.6) is 11.5 Å². The van der Waals surface area contributed by atoms with Crippen molar-refractivity contribution in [2.45, 2.75) is 33.8 Å². The van der Waals surface area contributed by atoms with E-state index in [1.54, 1.807) is 18.3 Å². The monoisotopic (exact) mass is 618 g/mol. The van der Waals surface area contributed by atoms with E-state index in [2.05, 4.69) is 37.1 Å². The zero-order valence-corrected chi connectivity index (χ0v) is 26.2. The van der Waals surface area contributed by atoms with Gasteiger partial charge in [0.15, 0.2) is 0 Å². The normalized spacial score (nSPS) is 13.0. The summed E-state index contributed by atoms with van der Waals surface area (Å²) in [7, 11) is 0. The van der Waals surface area contributed by atoms with Crippen LogP contribution in [0.25, 0.3) is 10.9 Å². The van der Waals surface area contributed by atoms with Crippen molar-refractivity contribution >= 4 is 45.6 Å². The van der Waals surface area contributed by atoms with Crippen LogP contribution < -0.4 is 20.1 Å². The van der Waals surface area contributed by atoms with E-state index >= 15 is 0 Å². The van der Waals surface area contributed by atoms with Gasteiger partial charge in [-0.1, -0.05) is 45.0 Å². The molecule has 44 heavy (non-hydrogen) atoms. The van der Waals surface area contributed by atoms with Crippen molar-refractivity contribution in [3.8, 4) is 11.5 Å². The Bertz CT molecular complexity index is 1550. The van der Waals surface area contributed by atoms with Crippen molar-refractivity contribution in [3.63, 3.8) is 0 Å². The molecule has 5 rings (SSSR count). The second-order valence-electron chi connectivity index (χ2n) is 9.68. The van der Waals surface area contributed by atoms with E-state index in [4.69, 9.17) is 25.8 Å². The Balaban J connectivity index is 0.00000216. The summed E-state index contributed by atoms with van der Waals surface area (Å²) in [4.78, 5) is 28.2. The Morgan fingerprint density at radius 1 is 1.05 bits per heavy atom. The van der Waals surface area contributed by atoms with Gasteiger partial charge in [0.1, 0.15) is 36.9 Å². The lowest BCUT2D eigenvalue weighted by Gasteiger charge is -2.26. The van der Waals surface area contributed by atoms with Gasteiger partial charge in [-0.15, -0.1) is 0 Å². The molecule has 1 saturated heterocycles. The van der Waals surface area contributed by atoms with Crippen molar-refractivity contribution < 1.29 is 19.0 Å². The van der Waals surface area contributed by atoms with Gasteiger partial charge in [-0.05, 0) is 42.8 Å². The molecule has 0 unspecified atom stereocenters. The number of carbonyl (C=O) groups is 1. The number of benzene rings is 2. The molecule has 0 spiro atoms. The van der Waals surface area contributed by atoms with Crippen LogP contribution >= 0.6 is 11.6 Å². The Hall–Kier alpha value is -4.25. The molecule has 0 bridgehead atoms. The number of pyridine rings is 1. The molecule has 4 aromatic rings. The third-order valence-electron chi connectivity index (χ3n) is 6.80. The zero-order valence-electron chi connectivity index (χ0n) is 25.4. The zero-order chi connectivity index (χ0) is 31.3. The number of ether oxygens (including phenoxy) is 3. The lowest BCUT2D eigenvalue weighted by molar-refractivity contribution is -0.112. The molecule has 2 N–H and O–H groups in total. The van der Waals surface area contributed by atoms with E-state index < -0.39 is 0 Å². The van der Waals surface area contributed by atoms with Gasteiger partial charge in [-0.25, -0.2) is 9.97 Å². The molecular formula is C33H39ClN6O4. The molecule has 1 fully saturated rings. The first-order valence-corrected chi connectivity index (χ1v) is 15.2. The molecule has 3 heterocycles. The largest absolute Gasteiger partial charge is 0.490 e. The van der Waals surface area contributed by atoms with E-state index in [-0.39, 0.29) is 5.91 Å². The van der Waals surface area contributed by atoms with Gasteiger partial charge in [-0.3, -0.25) is 14.7 Å². The summed E-state index contributed by atoms with van der Waals surface area (Å²) in [6.07, 6.45) is 3.73. The molecule has 1 aliphatic rings. The minimum Gasteiger partial charge on any atom is -0.490 e. The standard InChI is InChI=1S/C31H33ClN6O4.C2H6/c1-3-21(2)31(39)37-27-17-24-26(18-29(27)41-15-12-38-10-13-40-14-11-38)34-20-35-30(24)36-22-7-8-28(25(32)16-22)42-19-23-6-4-5-9-33-23;1-2/h4-9,16-18,20H,2-3,10-15,19H2,1H3,(H,37,39)(H,34,35,36);1-2H3. The van der Waals surface area contributed by atoms with Gasteiger partial charge in [0.05, 0.1) is 35.1 Å². The topological polar surface area (TPSA) is 111 Å². The predicted molar refractivity (Wildman–Crippen MR) is 175 cm³/mol. The fourth-order valence-corrected chi connectivity index (χ4v) is 4.58. The number of carbonyl (C=O) groups excluding carboxylic acids is 1.